The van der Waals surface area contributed by atoms with E-state index in [1.54, 1.807) is 6.20 Å². The Balaban J connectivity index is 1.67. The third kappa shape index (κ3) is 2.50. The van der Waals surface area contributed by atoms with Gasteiger partial charge in [0.25, 0.3) is 11.5 Å². The summed E-state index contributed by atoms with van der Waals surface area (Å²) in [5.74, 6) is -0.0866. The highest BCUT2D eigenvalue weighted by atomic mass is 16.2. The number of rotatable bonds is 2. The van der Waals surface area contributed by atoms with E-state index in [-0.39, 0.29) is 23.9 Å². The molecule has 3 amide bonds. The molecule has 1 saturated heterocycles. The molecule has 1 aliphatic heterocycles. The number of pyridine rings is 1. The van der Waals surface area contributed by atoms with Gasteiger partial charge in [-0.15, -0.1) is 0 Å². The molecule has 7 heteroatoms. The molecule has 2 atom stereocenters. The second kappa shape index (κ2) is 5.93. The van der Waals surface area contributed by atoms with Gasteiger partial charge in [-0.25, -0.2) is 9.78 Å². The Kier molecular flexibility index (Phi) is 3.82. The van der Waals surface area contributed by atoms with Crippen LogP contribution in [-0.4, -0.2) is 31.8 Å². The maximum absolute atomic E-state index is 13.0. The fourth-order valence-electron chi connectivity index (χ4n) is 4.14. The lowest BCUT2D eigenvalue weighted by Crippen LogP contribution is -2.53. The normalized spacial score (nSPS) is 25.9. The fraction of sp³-hybridized carbons (Fsp3) is 0.474. The van der Waals surface area contributed by atoms with Crippen LogP contribution in [0.1, 0.15) is 43.9 Å². The molecule has 1 saturated carbocycles. The molecular weight excluding hydrogens is 332 g/mol. The predicted octanol–water partition coefficient (Wildman–Crippen LogP) is 2.00. The Bertz CT molecular complexity index is 967. The Hall–Kier alpha value is -2.70. The first-order valence-corrected chi connectivity index (χ1v) is 9.04. The fourth-order valence-corrected chi connectivity index (χ4v) is 4.14. The molecule has 7 nitrogen and oxygen atoms in total. The zero-order valence-corrected chi connectivity index (χ0v) is 15.0. The molecule has 2 aliphatic rings. The van der Waals surface area contributed by atoms with Crippen molar-refractivity contribution in [1.82, 2.24) is 19.6 Å². The van der Waals surface area contributed by atoms with Gasteiger partial charge in [-0.2, -0.15) is 0 Å². The second-order valence-corrected chi connectivity index (χ2v) is 7.46. The standard InChI is InChI=1S/C19H22N4O3/c1-12-6-8-22-15(9-12)20-14(10-16(22)24)11-23-17(25)19(21-18(23)26)7-4-3-5-13(19)2/h6,8-10,13H,3-5,7,11H2,1-2H3,(H,21,26)/t13-,19-/m1/s1. The van der Waals surface area contributed by atoms with Crippen molar-refractivity contribution in [3.05, 3.63) is 46.0 Å². The van der Waals surface area contributed by atoms with E-state index < -0.39 is 11.6 Å². The number of amides is 3. The first kappa shape index (κ1) is 16.8. The summed E-state index contributed by atoms with van der Waals surface area (Å²) >= 11 is 0. The van der Waals surface area contributed by atoms with Crippen LogP contribution < -0.4 is 10.9 Å². The molecule has 4 rings (SSSR count). The highest BCUT2D eigenvalue weighted by Gasteiger charge is 2.54. The van der Waals surface area contributed by atoms with E-state index in [0.717, 1.165) is 24.8 Å². The highest BCUT2D eigenvalue weighted by molar-refractivity contribution is 6.07. The topological polar surface area (TPSA) is 83.8 Å². The molecule has 0 radical (unpaired) electrons. The van der Waals surface area contributed by atoms with Gasteiger partial charge in [-0.05, 0) is 43.4 Å². The molecule has 1 aliphatic carbocycles. The summed E-state index contributed by atoms with van der Waals surface area (Å²) in [5.41, 5.74) is 0.902. The van der Waals surface area contributed by atoms with Crippen LogP contribution in [0.3, 0.4) is 0 Å². The maximum Gasteiger partial charge on any atom is 0.325 e. The summed E-state index contributed by atoms with van der Waals surface area (Å²) in [7, 11) is 0. The number of carbonyl (C=O) groups is 2. The monoisotopic (exact) mass is 354 g/mol. The van der Waals surface area contributed by atoms with Gasteiger partial charge in [0, 0.05) is 12.3 Å². The van der Waals surface area contributed by atoms with Gasteiger partial charge in [-0.3, -0.25) is 18.9 Å². The maximum atomic E-state index is 13.0. The first-order valence-electron chi connectivity index (χ1n) is 9.04. The van der Waals surface area contributed by atoms with Gasteiger partial charge >= 0.3 is 6.03 Å². The number of aromatic nitrogens is 2. The van der Waals surface area contributed by atoms with E-state index in [1.165, 1.54) is 15.4 Å². The zero-order chi connectivity index (χ0) is 18.5. The summed E-state index contributed by atoms with van der Waals surface area (Å²) in [6.07, 6.45) is 5.28. The van der Waals surface area contributed by atoms with Gasteiger partial charge in [-0.1, -0.05) is 19.8 Å². The van der Waals surface area contributed by atoms with Crippen molar-refractivity contribution >= 4 is 17.6 Å². The molecule has 26 heavy (non-hydrogen) atoms. The Morgan fingerprint density at radius 1 is 1.27 bits per heavy atom. The number of nitrogens with one attached hydrogen (secondary N) is 1. The Labute approximate surface area is 151 Å². The molecule has 136 valence electrons. The predicted molar refractivity (Wildman–Crippen MR) is 95.6 cm³/mol. The van der Waals surface area contributed by atoms with Gasteiger partial charge in [0.05, 0.1) is 12.2 Å². The molecule has 1 N–H and O–H groups in total. The lowest BCUT2D eigenvalue weighted by molar-refractivity contribution is -0.134. The minimum Gasteiger partial charge on any atom is -0.323 e. The third-order valence-corrected chi connectivity index (χ3v) is 5.70. The van der Waals surface area contributed by atoms with Crippen LogP contribution in [0.4, 0.5) is 4.79 Å². The van der Waals surface area contributed by atoms with Crippen LogP contribution >= 0.6 is 0 Å². The third-order valence-electron chi connectivity index (χ3n) is 5.70. The van der Waals surface area contributed by atoms with Crippen molar-refractivity contribution in [2.24, 2.45) is 5.92 Å². The van der Waals surface area contributed by atoms with Crippen molar-refractivity contribution in [2.75, 3.05) is 0 Å². The summed E-state index contributed by atoms with van der Waals surface area (Å²) in [6.45, 7) is 3.95. The molecule has 0 bridgehead atoms. The second-order valence-electron chi connectivity index (χ2n) is 7.46. The highest BCUT2D eigenvalue weighted by Crippen LogP contribution is 2.38. The summed E-state index contributed by atoms with van der Waals surface area (Å²) in [5, 5.41) is 2.93. The number of aryl methyl sites for hydroxylation is 1. The van der Waals surface area contributed by atoms with Crippen LogP contribution in [0.25, 0.3) is 5.65 Å². The Morgan fingerprint density at radius 2 is 2.08 bits per heavy atom. The quantitative estimate of drug-likeness (QED) is 0.836. The van der Waals surface area contributed by atoms with Crippen LogP contribution in [0, 0.1) is 12.8 Å². The van der Waals surface area contributed by atoms with Crippen LogP contribution in [0.5, 0.6) is 0 Å². The van der Waals surface area contributed by atoms with Gasteiger partial charge in [0.2, 0.25) is 0 Å². The molecule has 2 aromatic heterocycles. The molecule has 0 aromatic carbocycles. The first-order chi connectivity index (χ1) is 12.4. The van der Waals surface area contributed by atoms with Gasteiger partial charge < -0.3 is 5.32 Å². The van der Waals surface area contributed by atoms with Crippen LogP contribution in [0.15, 0.2) is 29.2 Å². The lowest BCUT2D eigenvalue weighted by Gasteiger charge is -2.36. The lowest BCUT2D eigenvalue weighted by atomic mass is 9.73. The van der Waals surface area contributed by atoms with E-state index in [4.69, 9.17) is 0 Å². The summed E-state index contributed by atoms with van der Waals surface area (Å²) < 4.78 is 1.45. The zero-order valence-electron chi connectivity index (χ0n) is 15.0. The molecule has 2 aromatic rings. The molecule has 3 heterocycles. The van der Waals surface area contributed by atoms with Crippen molar-refractivity contribution in [3.8, 4) is 0 Å². The smallest absolute Gasteiger partial charge is 0.323 e. The minimum atomic E-state index is -0.794. The minimum absolute atomic E-state index is 0.0127. The van der Waals surface area contributed by atoms with Crippen molar-refractivity contribution < 1.29 is 9.59 Å². The number of hydrogen-bond donors (Lipinski definition) is 1. The average molecular weight is 354 g/mol. The number of hydrogen-bond acceptors (Lipinski definition) is 4. The van der Waals surface area contributed by atoms with Crippen LogP contribution in [-0.2, 0) is 11.3 Å². The molecule has 2 fully saturated rings. The van der Waals surface area contributed by atoms with E-state index in [9.17, 15) is 14.4 Å². The van der Waals surface area contributed by atoms with E-state index >= 15 is 0 Å². The molecule has 1 spiro atoms. The average Bonchev–Trinajstić information content (AvgIpc) is 2.82. The number of fused-ring (bicyclic) bond motifs is 1. The number of carbonyl (C=O) groups excluding carboxylic acids is 2. The summed E-state index contributed by atoms with van der Waals surface area (Å²) in [4.78, 5) is 43.5. The van der Waals surface area contributed by atoms with Crippen molar-refractivity contribution in [3.63, 3.8) is 0 Å². The number of imide groups is 1. The van der Waals surface area contributed by atoms with E-state index in [0.29, 0.717) is 17.8 Å². The largest absolute Gasteiger partial charge is 0.325 e. The van der Waals surface area contributed by atoms with E-state index in [1.807, 2.05) is 26.0 Å². The SMILES string of the molecule is Cc1ccn2c(=O)cc(CN3C(=O)N[C@@]4(CCCC[C@H]4C)C3=O)nc2c1. The number of nitrogens with zero attached hydrogens (tertiary/aromatic N) is 3. The molecular formula is C19H22N4O3. The van der Waals surface area contributed by atoms with Gasteiger partial charge in [0.15, 0.2) is 0 Å². The number of urea groups is 1. The van der Waals surface area contributed by atoms with Crippen molar-refractivity contribution in [1.29, 1.82) is 0 Å². The van der Waals surface area contributed by atoms with Crippen molar-refractivity contribution in [2.45, 2.75) is 51.6 Å². The van der Waals surface area contributed by atoms with Gasteiger partial charge in [0.1, 0.15) is 11.2 Å². The Morgan fingerprint density at radius 3 is 2.85 bits per heavy atom. The summed E-state index contributed by atoms with van der Waals surface area (Å²) in [6, 6.07) is 4.64. The molecule has 0 unspecified atom stereocenters. The van der Waals surface area contributed by atoms with E-state index in [2.05, 4.69) is 10.3 Å². The van der Waals surface area contributed by atoms with Crippen LogP contribution in [0.2, 0.25) is 0 Å².